The molecule has 5 nitrogen and oxygen atoms in total. The largest absolute Gasteiger partial charge is 0.456 e. The fraction of sp³-hybridized carbons (Fsp3) is 0.316. The number of carbonyl (C=O) groups excluding carboxylic acids is 1. The van der Waals surface area contributed by atoms with Gasteiger partial charge in [0, 0.05) is 53.5 Å². The molecule has 4 rings (SSSR count). The zero-order valence-electron chi connectivity index (χ0n) is 13.9. The average molecular weight is 356 g/mol. The SMILES string of the molecule is O=C(CS(=O)Cc1cccc2oc3ccccc3c12)N1CCNCC1. The van der Waals surface area contributed by atoms with Crippen LogP contribution in [0.5, 0.6) is 0 Å². The topological polar surface area (TPSA) is 62.6 Å². The number of furan rings is 1. The first-order valence-electron chi connectivity index (χ1n) is 8.45. The number of rotatable bonds is 4. The number of nitrogens with one attached hydrogen (secondary N) is 1. The van der Waals surface area contributed by atoms with Crippen LogP contribution in [0.4, 0.5) is 0 Å². The van der Waals surface area contributed by atoms with E-state index in [2.05, 4.69) is 5.32 Å². The summed E-state index contributed by atoms with van der Waals surface area (Å²) in [5.74, 6) is 0.411. The number of piperazine rings is 1. The van der Waals surface area contributed by atoms with Crippen molar-refractivity contribution in [1.29, 1.82) is 0 Å². The van der Waals surface area contributed by atoms with Gasteiger partial charge in [-0.05, 0) is 17.7 Å². The third-order valence-corrected chi connectivity index (χ3v) is 5.76. The molecule has 1 saturated heterocycles. The molecule has 0 spiro atoms. The van der Waals surface area contributed by atoms with E-state index in [0.717, 1.165) is 40.6 Å². The van der Waals surface area contributed by atoms with E-state index in [1.165, 1.54) is 0 Å². The van der Waals surface area contributed by atoms with Crippen LogP contribution in [0.1, 0.15) is 5.56 Å². The highest BCUT2D eigenvalue weighted by molar-refractivity contribution is 7.84. The number of amides is 1. The Morgan fingerprint density at radius 1 is 1.08 bits per heavy atom. The van der Waals surface area contributed by atoms with Crippen molar-refractivity contribution in [2.24, 2.45) is 0 Å². The molecule has 1 aromatic heterocycles. The molecule has 0 aliphatic carbocycles. The summed E-state index contributed by atoms with van der Waals surface area (Å²) < 4.78 is 18.5. The predicted octanol–water partition coefficient (Wildman–Crippen LogP) is 2.27. The third kappa shape index (κ3) is 3.32. The molecule has 130 valence electrons. The average Bonchev–Trinajstić information content (AvgIpc) is 3.02. The quantitative estimate of drug-likeness (QED) is 0.779. The first-order chi connectivity index (χ1) is 12.2. The molecule has 1 N–H and O–H groups in total. The Hall–Kier alpha value is -2.18. The molecular formula is C19H20N2O3S. The molecule has 1 amide bonds. The van der Waals surface area contributed by atoms with E-state index < -0.39 is 10.8 Å². The molecule has 1 aliphatic rings. The minimum atomic E-state index is -1.24. The zero-order chi connectivity index (χ0) is 17.2. The second kappa shape index (κ2) is 6.98. The summed E-state index contributed by atoms with van der Waals surface area (Å²) >= 11 is 0. The number of carbonyl (C=O) groups is 1. The van der Waals surface area contributed by atoms with Gasteiger partial charge in [-0.2, -0.15) is 0 Å². The maximum absolute atomic E-state index is 12.6. The summed E-state index contributed by atoms with van der Waals surface area (Å²) in [6.45, 7) is 2.99. The molecule has 25 heavy (non-hydrogen) atoms. The smallest absolute Gasteiger partial charge is 0.235 e. The van der Waals surface area contributed by atoms with Crippen molar-refractivity contribution in [2.75, 3.05) is 31.9 Å². The summed E-state index contributed by atoms with van der Waals surface area (Å²) in [7, 11) is -1.24. The number of hydrogen-bond acceptors (Lipinski definition) is 4. The van der Waals surface area contributed by atoms with Gasteiger partial charge in [-0.3, -0.25) is 9.00 Å². The van der Waals surface area contributed by atoms with E-state index in [4.69, 9.17) is 4.42 Å². The lowest BCUT2D eigenvalue weighted by molar-refractivity contribution is -0.128. The fourth-order valence-corrected chi connectivity index (χ4v) is 4.48. The Morgan fingerprint density at radius 2 is 1.84 bits per heavy atom. The first-order valence-corrected chi connectivity index (χ1v) is 9.94. The van der Waals surface area contributed by atoms with Crippen LogP contribution in [-0.4, -0.2) is 46.9 Å². The van der Waals surface area contributed by atoms with Crippen LogP contribution < -0.4 is 5.32 Å². The van der Waals surface area contributed by atoms with E-state index in [9.17, 15) is 9.00 Å². The maximum Gasteiger partial charge on any atom is 0.235 e. The number of benzene rings is 2. The maximum atomic E-state index is 12.6. The third-order valence-electron chi connectivity index (χ3n) is 4.56. The Kier molecular flexibility index (Phi) is 4.55. The Balaban J connectivity index is 1.56. The van der Waals surface area contributed by atoms with Crippen LogP contribution in [0.15, 0.2) is 46.9 Å². The van der Waals surface area contributed by atoms with Crippen molar-refractivity contribution < 1.29 is 13.4 Å². The minimum absolute atomic E-state index is 0.0240. The van der Waals surface area contributed by atoms with Crippen molar-refractivity contribution in [3.05, 3.63) is 48.0 Å². The molecule has 6 heteroatoms. The summed E-state index contributed by atoms with van der Waals surface area (Å²) in [4.78, 5) is 14.1. The van der Waals surface area contributed by atoms with Crippen molar-refractivity contribution in [3.63, 3.8) is 0 Å². The van der Waals surface area contributed by atoms with Crippen molar-refractivity contribution >= 4 is 38.6 Å². The van der Waals surface area contributed by atoms with Crippen LogP contribution in [0.3, 0.4) is 0 Å². The van der Waals surface area contributed by atoms with Gasteiger partial charge in [0.1, 0.15) is 16.9 Å². The standard InChI is InChI=1S/C19H20N2O3S/c22-18(21-10-8-20-9-11-21)13-25(23)12-14-4-3-7-17-19(14)15-5-1-2-6-16(15)24-17/h1-7,20H,8-13H2. The van der Waals surface area contributed by atoms with Crippen LogP contribution in [0.2, 0.25) is 0 Å². The molecule has 1 unspecified atom stereocenters. The molecule has 0 radical (unpaired) electrons. The molecule has 1 aliphatic heterocycles. The lowest BCUT2D eigenvalue weighted by Gasteiger charge is -2.27. The second-order valence-electron chi connectivity index (χ2n) is 6.25. The molecule has 2 aromatic carbocycles. The number of fused-ring (bicyclic) bond motifs is 3. The van der Waals surface area contributed by atoms with E-state index >= 15 is 0 Å². The van der Waals surface area contributed by atoms with E-state index in [0.29, 0.717) is 18.8 Å². The van der Waals surface area contributed by atoms with Crippen LogP contribution >= 0.6 is 0 Å². The first kappa shape index (κ1) is 16.3. The van der Waals surface area contributed by atoms with Gasteiger partial charge >= 0.3 is 0 Å². The van der Waals surface area contributed by atoms with Crippen molar-refractivity contribution in [2.45, 2.75) is 5.75 Å². The Bertz CT molecular complexity index is 944. The normalized spacial score (nSPS) is 16.4. The molecule has 1 atom stereocenters. The van der Waals surface area contributed by atoms with E-state index in [-0.39, 0.29) is 11.7 Å². The molecule has 0 bridgehead atoms. The van der Waals surface area contributed by atoms with Crippen molar-refractivity contribution in [1.82, 2.24) is 10.2 Å². The summed E-state index contributed by atoms with van der Waals surface area (Å²) in [5, 5.41) is 5.24. The van der Waals surface area contributed by atoms with Gasteiger partial charge in [0.05, 0.1) is 0 Å². The van der Waals surface area contributed by atoms with Gasteiger partial charge in [-0.15, -0.1) is 0 Å². The highest BCUT2D eigenvalue weighted by atomic mass is 32.2. The minimum Gasteiger partial charge on any atom is -0.456 e. The van der Waals surface area contributed by atoms with Crippen molar-refractivity contribution in [3.8, 4) is 0 Å². The van der Waals surface area contributed by atoms with Crippen LogP contribution in [-0.2, 0) is 21.3 Å². The Morgan fingerprint density at radius 3 is 2.68 bits per heavy atom. The number of hydrogen-bond donors (Lipinski definition) is 1. The Labute approximate surface area is 148 Å². The zero-order valence-corrected chi connectivity index (χ0v) is 14.7. The summed E-state index contributed by atoms with van der Waals surface area (Å²) in [6.07, 6.45) is 0. The summed E-state index contributed by atoms with van der Waals surface area (Å²) in [6, 6.07) is 13.7. The summed E-state index contributed by atoms with van der Waals surface area (Å²) in [5.41, 5.74) is 2.59. The molecule has 0 saturated carbocycles. The predicted molar refractivity (Wildman–Crippen MR) is 99.9 cm³/mol. The number of para-hydroxylation sites is 1. The lowest BCUT2D eigenvalue weighted by Crippen LogP contribution is -2.47. The van der Waals surface area contributed by atoms with E-state index in [1.54, 1.807) is 4.90 Å². The van der Waals surface area contributed by atoms with E-state index in [1.807, 2.05) is 42.5 Å². The van der Waals surface area contributed by atoms with Gasteiger partial charge in [-0.25, -0.2) is 0 Å². The van der Waals surface area contributed by atoms with Gasteiger partial charge in [0.2, 0.25) is 5.91 Å². The van der Waals surface area contributed by atoms with Gasteiger partial charge in [0.25, 0.3) is 0 Å². The fourth-order valence-electron chi connectivity index (χ4n) is 3.34. The van der Waals surface area contributed by atoms with Crippen LogP contribution in [0, 0.1) is 0 Å². The molecule has 3 aromatic rings. The molecule has 2 heterocycles. The van der Waals surface area contributed by atoms with Crippen LogP contribution in [0.25, 0.3) is 21.9 Å². The monoisotopic (exact) mass is 356 g/mol. The second-order valence-corrected chi connectivity index (χ2v) is 7.70. The molecule has 1 fully saturated rings. The van der Waals surface area contributed by atoms with Gasteiger partial charge < -0.3 is 14.6 Å². The van der Waals surface area contributed by atoms with Gasteiger partial charge in [0.15, 0.2) is 0 Å². The lowest BCUT2D eigenvalue weighted by atomic mass is 10.1. The van der Waals surface area contributed by atoms with Gasteiger partial charge in [-0.1, -0.05) is 30.3 Å². The highest BCUT2D eigenvalue weighted by Gasteiger charge is 2.19. The number of nitrogens with zero attached hydrogens (tertiary/aromatic N) is 1. The molecular weight excluding hydrogens is 336 g/mol. The highest BCUT2D eigenvalue weighted by Crippen LogP contribution is 2.31.